The van der Waals surface area contributed by atoms with Crippen LogP contribution in [0.25, 0.3) is 0 Å². The predicted octanol–water partition coefficient (Wildman–Crippen LogP) is 2.39. The van der Waals surface area contributed by atoms with Crippen molar-refractivity contribution in [2.45, 2.75) is 33.6 Å². The third kappa shape index (κ3) is 4.81. The lowest BCUT2D eigenvalue weighted by Gasteiger charge is -2.25. The zero-order valence-corrected chi connectivity index (χ0v) is 12.7. The number of methoxy groups -OCH3 is 1. The molecule has 0 fully saturated rings. The standard InChI is InChI=1S/C15H24N2O3/c1-11-12(14(19)20-4)6-7-13(17-11)16-10-15(2,3)8-5-9-18/h6-7,18H,5,8-10H2,1-4H3,(H,16,17). The molecule has 0 atom stereocenters. The minimum atomic E-state index is -0.371. The molecule has 0 radical (unpaired) electrons. The van der Waals surface area contributed by atoms with Gasteiger partial charge in [-0.15, -0.1) is 0 Å². The number of nitrogens with one attached hydrogen (secondary N) is 1. The van der Waals surface area contributed by atoms with Gasteiger partial charge in [0.1, 0.15) is 5.82 Å². The summed E-state index contributed by atoms with van der Waals surface area (Å²) in [5.41, 5.74) is 1.21. The van der Waals surface area contributed by atoms with Gasteiger partial charge in [0, 0.05) is 13.2 Å². The lowest BCUT2D eigenvalue weighted by atomic mass is 9.88. The summed E-state index contributed by atoms with van der Waals surface area (Å²) in [5.74, 6) is 0.372. The van der Waals surface area contributed by atoms with E-state index in [2.05, 4.69) is 24.1 Å². The zero-order valence-electron chi connectivity index (χ0n) is 12.7. The number of aryl methyl sites for hydroxylation is 1. The van der Waals surface area contributed by atoms with E-state index in [1.165, 1.54) is 7.11 Å². The third-order valence-corrected chi connectivity index (χ3v) is 3.25. The summed E-state index contributed by atoms with van der Waals surface area (Å²) in [7, 11) is 1.36. The van der Waals surface area contributed by atoms with Gasteiger partial charge in [-0.1, -0.05) is 13.8 Å². The summed E-state index contributed by atoms with van der Waals surface area (Å²) in [4.78, 5) is 15.8. The lowest BCUT2D eigenvalue weighted by Crippen LogP contribution is -2.24. The number of esters is 1. The Balaban J connectivity index is 2.66. The second-order valence-corrected chi connectivity index (χ2v) is 5.67. The number of rotatable bonds is 7. The quantitative estimate of drug-likeness (QED) is 0.750. The second-order valence-electron chi connectivity index (χ2n) is 5.67. The monoisotopic (exact) mass is 280 g/mol. The van der Waals surface area contributed by atoms with E-state index in [0.29, 0.717) is 11.3 Å². The van der Waals surface area contributed by atoms with Crippen LogP contribution in [0.15, 0.2) is 12.1 Å². The van der Waals surface area contributed by atoms with Gasteiger partial charge in [0.15, 0.2) is 0 Å². The average Bonchev–Trinajstić information content (AvgIpc) is 2.42. The van der Waals surface area contributed by atoms with E-state index in [4.69, 9.17) is 9.84 Å². The van der Waals surface area contributed by atoms with Crippen LogP contribution in [0.1, 0.15) is 42.7 Å². The van der Waals surface area contributed by atoms with E-state index >= 15 is 0 Å². The fraction of sp³-hybridized carbons (Fsp3) is 0.600. The molecule has 0 saturated carbocycles. The third-order valence-electron chi connectivity index (χ3n) is 3.25. The maximum Gasteiger partial charge on any atom is 0.339 e. The number of ether oxygens (including phenoxy) is 1. The highest BCUT2D eigenvalue weighted by atomic mass is 16.5. The Hall–Kier alpha value is -1.62. The fourth-order valence-corrected chi connectivity index (χ4v) is 1.96. The van der Waals surface area contributed by atoms with Gasteiger partial charge in [0.05, 0.1) is 18.4 Å². The number of aliphatic hydroxyl groups is 1. The number of hydrogen-bond donors (Lipinski definition) is 2. The second kappa shape index (κ2) is 7.24. The summed E-state index contributed by atoms with van der Waals surface area (Å²) in [6.45, 7) is 7.05. The number of hydrogen-bond acceptors (Lipinski definition) is 5. The molecule has 0 aliphatic rings. The van der Waals surface area contributed by atoms with E-state index in [-0.39, 0.29) is 18.0 Å². The van der Waals surface area contributed by atoms with Crippen LogP contribution in [-0.4, -0.2) is 36.3 Å². The molecule has 0 bridgehead atoms. The molecule has 1 aromatic rings. The number of anilines is 1. The van der Waals surface area contributed by atoms with Crippen molar-refractivity contribution in [3.05, 3.63) is 23.4 Å². The van der Waals surface area contributed by atoms with Crippen LogP contribution >= 0.6 is 0 Å². The fourth-order valence-electron chi connectivity index (χ4n) is 1.96. The van der Waals surface area contributed by atoms with Crippen LogP contribution in [0.4, 0.5) is 5.82 Å². The number of aliphatic hydroxyl groups excluding tert-OH is 1. The van der Waals surface area contributed by atoms with Crippen LogP contribution in [0.2, 0.25) is 0 Å². The molecular weight excluding hydrogens is 256 g/mol. The minimum absolute atomic E-state index is 0.0827. The molecule has 5 nitrogen and oxygen atoms in total. The lowest BCUT2D eigenvalue weighted by molar-refractivity contribution is 0.0599. The highest BCUT2D eigenvalue weighted by Gasteiger charge is 2.17. The predicted molar refractivity (Wildman–Crippen MR) is 78.9 cm³/mol. The first-order valence-corrected chi connectivity index (χ1v) is 6.80. The zero-order chi connectivity index (χ0) is 15.2. The summed E-state index contributed by atoms with van der Waals surface area (Å²) in [5, 5.41) is 12.2. The van der Waals surface area contributed by atoms with E-state index in [0.717, 1.165) is 25.2 Å². The summed E-state index contributed by atoms with van der Waals surface area (Å²) in [6, 6.07) is 3.50. The average molecular weight is 280 g/mol. The highest BCUT2D eigenvalue weighted by molar-refractivity contribution is 5.90. The minimum Gasteiger partial charge on any atom is -0.465 e. The first kappa shape index (κ1) is 16.4. The molecule has 0 saturated heterocycles. The topological polar surface area (TPSA) is 71.5 Å². The molecule has 0 amide bonds. The molecule has 2 N–H and O–H groups in total. The summed E-state index contributed by atoms with van der Waals surface area (Å²) in [6.07, 6.45) is 1.73. The smallest absolute Gasteiger partial charge is 0.339 e. The number of pyridine rings is 1. The van der Waals surface area contributed by atoms with Gasteiger partial charge < -0.3 is 15.2 Å². The number of nitrogens with zero attached hydrogens (tertiary/aromatic N) is 1. The highest BCUT2D eigenvalue weighted by Crippen LogP contribution is 2.22. The number of carbonyl (C=O) groups is 1. The maximum atomic E-state index is 11.5. The van der Waals surface area contributed by atoms with Gasteiger partial charge in [0.25, 0.3) is 0 Å². The van der Waals surface area contributed by atoms with E-state index in [1.54, 1.807) is 19.1 Å². The van der Waals surface area contributed by atoms with Gasteiger partial charge >= 0.3 is 5.97 Å². The largest absolute Gasteiger partial charge is 0.465 e. The Morgan fingerprint density at radius 1 is 1.45 bits per heavy atom. The molecule has 0 aromatic carbocycles. The molecule has 0 unspecified atom stereocenters. The van der Waals surface area contributed by atoms with Crippen molar-refractivity contribution in [1.82, 2.24) is 4.98 Å². The molecule has 0 aliphatic carbocycles. The maximum absolute atomic E-state index is 11.5. The Labute approximate surface area is 120 Å². The van der Waals surface area contributed by atoms with Gasteiger partial charge in [-0.05, 0) is 37.3 Å². The molecular formula is C15H24N2O3. The van der Waals surface area contributed by atoms with Crippen LogP contribution in [-0.2, 0) is 4.74 Å². The van der Waals surface area contributed by atoms with Crippen molar-refractivity contribution in [3.8, 4) is 0 Å². The van der Waals surface area contributed by atoms with Crippen molar-refractivity contribution >= 4 is 11.8 Å². The molecule has 20 heavy (non-hydrogen) atoms. The van der Waals surface area contributed by atoms with Crippen LogP contribution in [0.3, 0.4) is 0 Å². The van der Waals surface area contributed by atoms with Crippen LogP contribution in [0.5, 0.6) is 0 Å². The molecule has 1 aromatic heterocycles. The van der Waals surface area contributed by atoms with Crippen molar-refractivity contribution in [2.75, 3.05) is 25.6 Å². The Bertz CT molecular complexity index is 458. The molecule has 112 valence electrons. The van der Waals surface area contributed by atoms with Crippen molar-refractivity contribution in [2.24, 2.45) is 5.41 Å². The number of aromatic nitrogens is 1. The molecule has 1 heterocycles. The van der Waals surface area contributed by atoms with Crippen molar-refractivity contribution < 1.29 is 14.6 Å². The Morgan fingerprint density at radius 3 is 2.70 bits per heavy atom. The van der Waals surface area contributed by atoms with Crippen LogP contribution < -0.4 is 5.32 Å². The molecule has 1 rings (SSSR count). The van der Waals surface area contributed by atoms with Crippen molar-refractivity contribution in [1.29, 1.82) is 0 Å². The Kier molecular flexibility index (Phi) is 5.95. The van der Waals surface area contributed by atoms with E-state index < -0.39 is 0 Å². The summed E-state index contributed by atoms with van der Waals surface area (Å²) < 4.78 is 4.69. The summed E-state index contributed by atoms with van der Waals surface area (Å²) >= 11 is 0. The van der Waals surface area contributed by atoms with E-state index in [9.17, 15) is 4.79 Å². The molecule has 0 aliphatic heterocycles. The molecule has 0 spiro atoms. The van der Waals surface area contributed by atoms with Crippen LogP contribution in [0, 0.1) is 12.3 Å². The normalized spacial score (nSPS) is 11.2. The SMILES string of the molecule is COC(=O)c1ccc(NCC(C)(C)CCCO)nc1C. The Morgan fingerprint density at radius 2 is 2.15 bits per heavy atom. The van der Waals surface area contributed by atoms with Gasteiger partial charge in [0.2, 0.25) is 0 Å². The van der Waals surface area contributed by atoms with Gasteiger partial charge in [-0.2, -0.15) is 0 Å². The molecule has 5 heteroatoms. The number of carbonyl (C=O) groups excluding carboxylic acids is 1. The van der Waals surface area contributed by atoms with Gasteiger partial charge in [-0.3, -0.25) is 0 Å². The first-order chi connectivity index (χ1) is 9.39. The van der Waals surface area contributed by atoms with E-state index in [1.807, 2.05) is 0 Å². The van der Waals surface area contributed by atoms with Crippen molar-refractivity contribution in [3.63, 3.8) is 0 Å². The van der Waals surface area contributed by atoms with Gasteiger partial charge in [-0.25, -0.2) is 9.78 Å². The first-order valence-electron chi connectivity index (χ1n) is 6.80.